The summed E-state index contributed by atoms with van der Waals surface area (Å²) in [4.78, 5) is 21.3. The summed E-state index contributed by atoms with van der Waals surface area (Å²) in [7, 11) is 1.39. The molecule has 0 unspecified atom stereocenters. The van der Waals surface area contributed by atoms with Crippen LogP contribution >= 0.6 is 0 Å². The molecular formula is C12H10FN3O5. The normalized spacial score (nSPS) is 10.4. The van der Waals surface area contributed by atoms with Gasteiger partial charge in [0.25, 0.3) is 0 Å². The van der Waals surface area contributed by atoms with Gasteiger partial charge in [0, 0.05) is 13.1 Å². The van der Waals surface area contributed by atoms with E-state index in [4.69, 9.17) is 9.84 Å². The van der Waals surface area contributed by atoms with E-state index in [1.165, 1.54) is 14.0 Å². The molecule has 1 N–H and O–H groups in total. The number of hydrogen-bond acceptors (Lipinski definition) is 5. The lowest BCUT2D eigenvalue weighted by Gasteiger charge is -2.08. The smallest absolute Gasteiger partial charge is 0.343 e. The molecule has 0 radical (unpaired) electrons. The number of para-hydroxylation sites is 1. The summed E-state index contributed by atoms with van der Waals surface area (Å²) in [5, 5.41) is 23.9. The number of nitro groups is 1. The number of hydrogen-bond donors (Lipinski definition) is 1. The summed E-state index contributed by atoms with van der Waals surface area (Å²) in [6, 6.07) is 3.20. The molecule has 0 amide bonds. The molecule has 0 fully saturated rings. The fraction of sp³-hybridized carbons (Fsp3) is 0.167. The van der Waals surface area contributed by atoms with E-state index >= 15 is 0 Å². The van der Waals surface area contributed by atoms with Crippen LogP contribution in [0.2, 0.25) is 0 Å². The maximum atomic E-state index is 13.8. The van der Waals surface area contributed by atoms with E-state index in [1.54, 1.807) is 0 Å². The Bertz CT molecular complexity index is 741. The first-order chi connectivity index (χ1) is 9.82. The first-order valence-electron chi connectivity index (χ1n) is 5.70. The van der Waals surface area contributed by atoms with Gasteiger partial charge in [-0.3, -0.25) is 10.1 Å². The van der Waals surface area contributed by atoms with Crippen LogP contribution in [-0.4, -0.2) is 25.8 Å². The highest BCUT2D eigenvalue weighted by Gasteiger charge is 2.26. The summed E-state index contributed by atoms with van der Waals surface area (Å²) in [6.07, 6.45) is 0. The van der Waals surface area contributed by atoms with E-state index in [-0.39, 0.29) is 17.1 Å². The highest BCUT2D eigenvalue weighted by atomic mass is 19.1. The molecule has 2 aromatic rings. The van der Waals surface area contributed by atoms with Crippen molar-refractivity contribution in [1.29, 1.82) is 0 Å². The number of aromatic nitrogens is 2. The molecule has 0 aliphatic carbocycles. The number of rotatable bonds is 4. The van der Waals surface area contributed by atoms with Crippen LogP contribution in [0.5, 0.6) is 11.6 Å². The number of carboxylic acid groups (broad SMARTS) is 1. The van der Waals surface area contributed by atoms with Crippen LogP contribution in [0.3, 0.4) is 0 Å². The van der Waals surface area contributed by atoms with Gasteiger partial charge in [0.2, 0.25) is 11.6 Å². The number of halogens is 1. The van der Waals surface area contributed by atoms with Crippen LogP contribution in [0.15, 0.2) is 18.2 Å². The molecule has 0 aliphatic rings. The molecule has 110 valence electrons. The van der Waals surface area contributed by atoms with Gasteiger partial charge in [0.05, 0.1) is 10.6 Å². The number of aromatic carboxylic acids is 1. The highest BCUT2D eigenvalue weighted by molar-refractivity contribution is 5.91. The second kappa shape index (κ2) is 5.19. The van der Waals surface area contributed by atoms with Crippen molar-refractivity contribution in [3.8, 4) is 11.6 Å². The van der Waals surface area contributed by atoms with Crippen molar-refractivity contribution in [2.75, 3.05) is 0 Å². The van der Waals surface area contributed by atoms with E-state index in [1.807, 2.05) is 0 Å². The quantitative estimate of drug-likeness (QED) is 0.684. The first kappa shape index (κ1) is 14.4. The monoisotopic (exact) mass is 295 g/mol. The number of benzene rings is 1. The van der Waals surface area contributed by atoms with Crippen molar-refractivity contribution in [3.05, 3.63) is 45.4 Å². The summed E-state index contributed by atoms with van der Waals surface area (Å²) < 4.78 is 20.0. The number of carboxylic acids is 1. The van der Waals surface area contributed by atoms with E-state index in [0.717, 1.165) is 22.9 Å². The van der Waals surface area contributed by atoms with Crippen LogP contribution in [-0.2, 0) is 7.05 Å². The lowest BCUT2D eigenvalue weighted by atomic mass is 10.2. The van der Waals surface area contributed by atoms with Crippen LogP contribution in [0.4, 0.5) is 10.1 Å². The van der Waals surface area contributed by atoms with Crippen LogP contribution in [0, 0.1) is 22.9 Å². The van der Waals surface area contributed by atoms with Crippen LogP contribution in [0.1, 0.15) is 16.1 Å². The average molecular weight is 295 g/mol. The van der Waals surface area contributed by atoms with Crippen molar-refractivity contribution >= 4 is 11.7 Å². The summed E-state index contributed by atoms with van der Waals surface area (Å²) in [6.45, 7) is 1.44. The van der Waals surface area contributed by atoms with Crippen molar-refractivity contribution < 1.29 is 24.0 Å². The zero-order valence-electron chi connectivity index (χ0n) is 11.0. The van der Waals surface area contributed by atoms with Gasteiger partial charge in [0.1, 0.15) is 5.56 Å². The molecule has 0 aliphatic heterocycles. The Morgan fingerprint density at radius 1 is 1.52 bits per heavy atom. The van der Waals surface area contributed by atoms with E-state index in [2.05, 4.69) is 5.10 Å². The van der Waals surface area contributed by atoms with Crippen molar-refractivity contribution in [2.45, 2.75) is 6.92 Å². The maximum absolute atomic E-state index is 13.8. The molecule has 0 atom stereocenters. The summed E-state index contributed by atoms with van der Waals surface area (Å²) >= 11 is 0. The predicted molar refractivity (Wildman–Crippen MR) is 68.0 cm³/mol. The Kier molecular flexibility index (Phi) is 3.57. The molecule has 0 saturated carbocycles. The van der Waals surface area contributed by atoms with Gasteiger partial charge in [-0.25, -0.2) is 13.9 Å². The number of carbonyl (C=O) groups is 1. The molecule has 0 bridgehead atoms. The molecule has 0 spiro atoms. The minimum absolute atomic E-state index is 0.152. The minimum atomic E-state index is -1.32. The Labute approximate surface area is 117 Å². The third kappa shape index (κ3) is 2.53. The van der Waals surface area contributed by atoms with E-state index in [0.29, 0.717) is 0 Å². The summed E-state index contributed by atoms with van der Waals surface area (Å²) in [5.41, 5.74) is -0.737. The Balaban J connectivity index is 2.59. The van der Waals surface area contributed by atoms with E-state index in [9.17, 15) is 19.3 Å². The first-order valence-corrected chi connectivity index (χ1v) is 5.70. The van der Waals surface area contributed by atoms with Crippen LogP contribution in [0.25, 0.3) is 0 Å². The topological polar surface area (TPSA) is 107 Å². The van der Waals surface area contributed by atoms with Gasteiger partial charge in [0.15, 0.2) is 5.82 Å². The Hall–Kier alpha value is -2.97. The van der Waals surface area contributed by atoms with Crippen molar-refractivity contribution in [3.63, 3.8) is 0 Å². The minimum Gasteiger partial charge on any atom is -0.477 e. The zero-order valence-corrected chi connectivity index (χ0v) is 11.0. The molecule has 2 rings (SSSR count). The molecule has 9 heteroatoms. The lowest BCUT2D eigenvalue weighted by molar-refractivity contribution is -0.385. The number of aryl methyl sites for hydroxylation is 2. The van der Waals surface area contributed by atoms with Gasteiger partial charge in [-0.05, 0) is 13.0 Å². The Morgan fingerprint density at radius 2 is 2.19 bits per heavy atom. The second-order valence-corrected chi connectivity index (χ2v) is 4.14. The predicted octanol–water partition coefficient (Wildman–Crippen LogP) is 2.27. The number of ether oxygens (including phenoxy) is 1. The lowest BCUT2D eigenvalue weighted by Crippen LogP contribution is -2.04. The van der Waals surface area contributed by atoms with Gasteiger partial charge >= 0.3 is 11.7 Å². The molecule has 1 aromatic heterocycles. The molecule has 21 heavy (non-hydrogen) atoms. The van der Waals surface area contributed by atoms with Gasteiger partial charge in [-0.2, -0.15) is 5.10 Å². The second-order valence-electron chi connectivity index (χ2n) is 4.14. The van der Waals surface area contributed by atoms with Crippen LogP contribution < -0.4 is 4.74 Å². The van der Waals surface area contributed by atoms with Gasteiger partial charge < -0.3 is 9.84 Å². The number of nitrogens with zero attached hydrogens (tertiary/aromatic N) is 3. The largest absolute Gasteiger partial charge is 0.477 e. The molecule has 0 saturated heterocycles. The van der Waals surface area contributed by atoms with Crippen molar-refractivity contribution in [1.82, 2.24) is 9.78 Å². The number of nitro benzene ring substituents is 1. The molecule has 1 heterocycles. The zero-order chi connectivity index (χ0) is 15.7. The standard InChI is InChI=1S/C12H10FN3O5/c1-6-9(12(17)18)11(15(2)14-6)21-10-7(13)4-3-5-8(10)16(19)20/h3-5H,1-2H3,(H,17,18). The highest BCUT2D eigenvalue weighted by Crippen LogP contribution is 2.35. The van der Waals surface area contributed by atoms with Gasteiger partial charge in [-0.1, -0.05) is 6.07 Å². The molecule has 8 nitrogen and oxygen atoms in total. The van der Waals surface area contributed by atoms with Crippen molar-refractivity contribution in [2.24, 2.45) is 7.05 Å². The fourth-order valence-electron chi connectivity index (χ4n) is 1.84. The van der Waals surface area contributed by atoms with Gasteiger partial charge in [-0.15, -0.1) is 0 Å². The third-order valence-corrected chi connectivity index (χ3v) is 2.73. The fourth-order valence-corrected chi connectivity index (χ4v) is 1.84. The molecule has 1 aromatic carbocycles. The average Bonchev–Trinajstić information content (AvgIpc) is 2.66. The maximum Gasteiger partial charge on any atom is 0.343 e. The molecular weight excluding hydrogens is 285 g/mol. The third-order valence-electron chi connectivity index (χ3n) is 2.73. The SMILES string of the molecule is Cc1nn(C)c(Oc2c(F)cccc2[N+](=O)[O-])c1C(=O)O. The van der Waals surface area contributed by atoms with E-state index < -0.39 is 28.1 Å². The summed E-state index contributed by atoms with van der Waals surface area (Å²) in [5.74, 6) is -3.24. The Morgan fingerprint density at radius 3 is 2.76 bits per heavy atom.